The molecule has 27 heavy (non-hydrogen) atoms. The second-order valence-corrected chi connectivity index (χ2v) is 8.00. The Hall–Kier alpha value is -2.74. The third-order valence-corrected chi connectivity index (χ3v) is 6.17. The highest BCUT2D eigenvalue weighted by Gasteiger charge is 2.27. The van der Waals surface area contributed by atoms with E-state index in [1.807, 2.05) is 29.6 Å². The molecule has 0 aromatic carbocycles. The normalized spacial score (nSPS) is 17.1. The lowest BCUT2D eigenvalue weighted by Gasteiger charge is -2.31. The van der Waals surface area contributed by atoms with E-state index in [4.69, 9.17) is 0 Å². The van der Waals surface area contributed by atoms with E-state index in [1.165, 1.54) is 0 Å². The molecule has 5 heterocycles. The lowest BCUT2D eigenvalue weighted by molar-refractivity contribution is -0.127. The molecule has 1 amide bonds. The Kier molecular flexibility index (Phi) is 3.93. The molecule has 7 nitrogen and oxygen atoms in total. The summed E-state index contributed by atoms with van der Waals surface area (Å²) in [7, 11) is 0. The minimum atomic E-state index is 0.0982. The van der Waals surface area contributed by atoms with Crippen molar-refractivity contribution in [2.75, 3.05) is 23.7 Å². The minimum absolute atomic E-state index is 0.0982. The summed E-state index contributed by atoms with van der Waals surface area (Å²) < 4.78 is 0. The van der Waals surface area contributed by atoms with Gasteiger partial charge in [-0.05, 0) is 18.6 Å². The largest absolute Gasteiger partial charge is 0.347 e. The van der Waals surface area contributed by atoms with Crippen molar-refractivity contribution in [2.24, 2.45) is 0 Å². The second-order valence-electron chi connectivity index (χ2n) is 6.87. The number of nitrogens with one attached hydrogen (secondary N) is 2. The molecule has 0 saturated heterocycles. The van der Waals surface area contributed by atoms with Gasteiger partial charge in [-0.15, -0.1) is 11.8 Å². The molecule has 5 rings (SSSR count). The fourth-order valence-electron chi connectivity index (χ4n) is 3.78. The van der Waals surface area contributed by atoms with Gasteiger partial charge in [0.2, 0.25) is 0 Å². The molecular formula is C19H20N6OS. The van der Waals surface area contributed by atoms with Crippen LogP contribution in [0.2, 0.25) is 0 Å². The molecule has 3 aromatic rings. The third kappa shape index (κ3) is 2.80. The number of thioether (sulfide) groups is 1. The van der Waals surface area contributed by atoms with Crippen molar-refractivity contribution in [3.05, 3.63) is 52.8 Å². The standard InChI is InChI=1S/C19H20N6OS/c1-12-8-21-18-17(12)15(2-4-20-18)24-6-7-27-16(10-24)19(26)25-5-3-13-14(9-25)23-11-22-13/h2,4,8,10-11H,3,5-7,9H2,1H3,(H,20,21)(H,22,23). The van der Waals surface area contributed by atoms with Gasteiger partial charge in [0.15, 0.2) is 0 Å². The number of carbonyl (C=O) groups is 1. The first kappa shape index (κ1) is 16.4. The SMILES string of the molecule is Cc1c[nH]c2nccc(N3C=C(C(=O)N4CCc5nc[nH]c5C4)SCC3)c12. The van der Waals surface area contributed by atoms with Crippen LogP contribution < -0.4 is 4.90 Å². The first-order chi connectivity index (χ1) is 13.2. The number of hydrogen-bond donors (Lipinski definition) is 2. The predicted octanol–water partition coefficient (Wildman–Crippen LogP) is 2.57. The molecule has 0 bridgehead atoms. The van der Waals surface area contributed by atoms with E-state index in [2.05, 4.69) is 31.8 Å². The van der Waals surface area contributed by atoms with Crippen molar-refractivity contribution in [1.82, 2.24) is 24.8 Å². The fraction of sp³-hybridized carbons (Fsp3) is 0.316. The van der Waals surface area contributed by atoms with Gasteiger partial charge >= 0.3 is 0 Å². The Bertz CT molecular complexity index is 1050. The molecule has 2 aliphatic heterocycles. The van der Waals surface area contributed by atoms with Crippen LogP contribution in [0.4, 0.5) is 5.69 Å². The summed E-state index contributed by atoms with van der Waals surface area (Å²) in [6.07, 6.45) is 8.31. The molecule has 0 saturated carbocycles. The maximum Gasteiger partial charge on any atom is 0.262 e. The van der Waals surface area contributed by atoms with Gasteiger partial charge in [-0.1, -0.05) is 0 Å². The Labute approximate surface area is 160 Å². The van der Waals surface area contributed by atoms with Gasteiger partial charge in [-0.25, -0.2) is 9.97 Å². The second kappa shape index (κ2) is 6.45. The maximum absolute atomic E-state index is 13.1. The number of hydrogen-bond acceptors (Lipinski definition) is 5. The van der Waals surface area contributed by atoms with Gasteiger partial charge in [0.25, 0.3) is 5.91 Å². The van der Waals surface area contributed by atoms with E-state index in [0.717, 1.165) is 57.3 Å². The molecule has 0 unspecified atom stereocenters. The van der Waals surface area contributed by atoms with Gasteiger partial charge in [0.1, 0.15) is 5.65 Å². The van der Waals surface area contributed by atoms with Crippen LogP contribution in [-0.4, -0.2) is 49.6 Å². The van der Waals surface area contributed by atoms with Crippen molar-refractivity contribution in [2.45, 2.75) is 19.9 Å². The van der Waals surface area contributed by atoms with Gasteiger partial charge in [-0.3, -0.25) is 4.79 Å². The Balaban J connectivity index is 1.44. The lowest BCUT2D eigenvalue weighted by Crippen LogP contribution is -2.38. The predicted molar refractivity (Wildman–Crippen MR) is 106 cm³/mol. The van der Waals surface area contributed by atoms with Crippen LogP contribution in [0.3, 0.4) is 0 Å². The Morgan fingerprint density at radius 2 is 2.19 bits per heavy atom. The molecule has 0 aliphatic carbocycles. The number of aromatic nitrogens is 4. The molecular weight excluding hydrogens is 360 g/mol. The van der Waals surface area contributed by atoms with Crippen LogP contribution >= 0.6 is 11.8 Å². The highest BCUT2D eigenvalue weighted by Crippen LogP contribution is 2.33. The third-order valence-electron chi connectivity index (χ3n) is 5.19. The lowest BCUT2D eigenvalue weighted by atomic mass is 10.1. The number of rotatable bonds is 2. The van der Waals surface area contributed by atoms with Gasteiger partial charge in [0, 0.05) is 49.2 Å². The van der Waals surface area contributed by atoms with E-state index >= 15 is 0 Å². The van der Waals surface area contributed by atoms with Crippen molar-refractivity contribution < 1.29 is 4.79 Å². The van der Waals surface area contributed by atoms with E-state index in [0.29, 0.717) is 13.1 Å². The van der Waals surface area contributed by atoms with Crippen LogP contribution in [0.1, 0.15) is 17.0 Å². The van der Waals surface area contributed by atoms with Gasteiger partial charge in [-0.2, -0.15) is 0 Å². The van der Waals surface area contributed by atoms with Crippen molar-refractivity contribution in [3.8, 4) is 0 Å². The molecule has 8 heteroatoms. The van der Waals surface area contributed by atoms with E-state index < -0.39 is 0 Å². The molecule has 3 aromatic heterocycles. The van der Waals surface area contributed by atoms with Crippen LogP contribution in [-0.2, 0) is 17.8 Å². The summed E-state index contributed by atoms with van der Waals surface area (Å²) in [5, 5.41) is 1.12. The molecule has 0 radical (unpaired) electrons. The molecule has 0 spiro atoms. The Morgan fingerprint density at radius 1 is 1.26 bits per heavy atom. The number of amides is 1. The number of carbonyl (C=O) groups excluding carboxylic acids is 1. The van der Waals surface area contributed by atoms with Crippen LogP contribution in [0.5, 0.6) is 0 Å². The van der Waals surface area contributed by atoms with Gasteiger partial charge in [0.05, 0.1) is 34.9 Å². The van der Waals surface area contributed by atoms with E-state index in [-0.39, 0.29) is 5.91 Å². The maximum atomic E-state index is 13.1. The summed E-state index contributed by atoms with van der Waals surface area (Å²) in [4.78, 5) is 33.1. The van der Waals surface area contributed by atoms with Crippen molar-refractivity contribution in [3.63, 3.8) is 0 Å². The Morgan fingerprint density at radius 3 is 3.11 bits per heavy atom. The zero-order valence-corrected chi connectivity index (χ0v) is 15.8. The first-order valence-electron chi connectivity index (χ1n) is 9.05. The minimum Gasteiger partial charge on any atom is -0.347 e. The van der Waals surface area contributed by atoms with Gasteiger partial charge < -0.3 is 19.8 Å². The highest BCUT2D eigenvalue weighted by atomic mass is 32.2. The number of nitrogens with zero attached hydrogens (tertiary/aromatic N) is 4. The van der Waals surface area contributed by atoms with Crippen molar-refractivity contribution in [1.29, 1.82) is 0 Å². The molecule has 2 aliphatic rings. The zero-order valence-electron chi connectivity index (χ0n) is 15.0. The summed E-state index contributed by atoms with van der Waals surface area (Å²) in [6, 6.07) is 2.02. The van der Waals surface area contributed by atoms with E-state index in [9.17, 15) is 4.79 Å². The molecule has 0 atom stereocenters. The summed E-state index contributed by atoms with van der Waals surface area (Å²) in [5.74, 6) is 0.981. The van der Waals surface area contributed by atoms with Crippen LogP contribution in [0, 0.1) is 6.92 Å². The molecule has 0 fully saturated rings. The number of fused-ring (bicyclic) bond motifs is 2. The number of imidazole rings is 1. The smallest absolute Gasteiger partial charge is 0.262 e. The first-order valence-corrected chi connectivity index (χ1v) is 10.0. The van der Waals surface area contributed by atoms with Crippen LogP contribution in [0.25, 0.3) is 11.0 Å². The number of aryl methyl sites for hydroxylation is 1. The average Bonchev–Trinajstić information content (AvgIpc) is 3.33. The highest BCUT2D eigenvalue weighted by molar-refractivity contribution is 8.04. The zero-order chi connectivity index (χ0) is 18.4. The molecule has 138 valence electrons. The number of H-pyrrole nitrogens is 2. The number of pyridine rings is 1. The summed E-state index contributed by atoms with van der Waals surface area (Å²) in [5.41, 5.74) is 5.27. The summed E-state index contributed by atoms with van der Waals surface area (Å²) >= 11 is 1.64. The fourth-order valence-corrected chi connectivity index (χ4v) is 4.75. The quantitative estimate of drug-likeness (QED) is 0.714. The number of aromatic amines is 2. The monoisotopic (exact) mass is 380 g/mol. The van der Waals surface area contributed by atoms with E-state index in [1.54, 1.807) is 18.1 Å². The summed E-state index contributed by atoms with van der Waals surface area (Å²) in [6.45, 7) is 4.26. The number of anilines is 1. The van der Waals surface area contributed by atoms with Crippen molar-refractivity contribution >= 4 is 34.4 Å². The van der Waals surface area contributed by atoms with Crippen LogP contribution in [0.15, 0.2) is 35.9 Å². The topological polar surface area (TPSA) is 80.9 Å². The molecule has 2 N–H and O–H groups in total. The average molecular weight is 380 g/mol.